The van der Waals surface area contributed by atoms with Crippen molar-refractivity contribution in [3.63, 3.8) is 0 Å². The molecule has 0 bridgehead atoms. The number of carbonyl (C=O) groups excluding carboxylic acids is 1. The second-order valence-electron chi connectivity index (χ2n) is 10.1. The minimum Gasteiger partial charge on any atom is -0.390 e. The standard InChI is InChI=1S/C24H35FO2S/c1-5-6-11-23(28-4)13-10-18-19-8-7-16-14-17(26)9-12-21(16,2)24(19,25)20(27)15-22(18,23)3/h9,12,14,18-20,27H,5-8,10-11,13,15H2,1-4H3/t18-,19-,20-,21-,22-,23+,24-/m0/s1. The summed E-state index contributed by atoms with van der Waals surface area (Å²) >= 11 is 1.96. The second kappa shape index (κ2) is 6.70. The highest BCUT2D eigenvalue weighted by Crippen LogP contribution is 2.72. The molecule has 0 spiro atoms. The van der Waals surface area contributed by atoms with E-state index in [4.69, 9.17) is 0 Å². The number of aliphatic hydroxyl groups is 1. The van der Waals surface area contributed by atoms with Crippen molar-refractivity contribution in [2.75, 3.05) is 6.26 Å². The number of thioether (sulfide) groups is 1. The van der Waals surface area contributed by atoms with Crippen LogP contribution < -0.4 is 0 Å². The summed E-state index contributed by atoms with van der Waals surface area (Å²) in [5, 5.41) is 11.4. The SMILES string of the molecule is CCCC[C@@]1(SC)CC[C@H]2[C@@H]3CCC4=CC(=O)C=C[C@]4(C)[C@@]3(F)[C@@H](O)C[C@@]21C. The molecular weight excluding hydrogens is 371 g/mol. The summed E-state index contributed by atoms with van der Waals surface area (Å²) < 4.78 is 17.2. The van der Waals surface area contributed by atoms with Gasteiger partial charge in [-0.3, -0.25) is 4.79 Å². The molecule has 0 aromatic carbocycles. The summed E-state index contributed by atoms with van der Waals surface area (Å²) in [6.07, 6.45) is 13.9. The zero-order valence-corrected chi connectivity index (χ0v) is 18.6. The lowest BCUT2D eigenvalue weighted by Crippen LogP contribution is -2.67. The molecule has 7 atom stereocenters. The zero-order valence-electron chi connectivity index (χ0n) is 17.8. The van der Waals surface area contributed by atoms with Gasteiger partial charge in [0.15, 0.2) is 11.5 Å². The highest BCUT2D eigenvalue weighted by atomic mass is 32.2. The molecule has 4 aliphatic rings. The number of hydrogen-bond acceptors (Lipinski definition) is 3. The maximum atomic E-state index is 17.0. The van der Waals surface area contributed by atoms with Gasteiger partial charge in [0.1, 0.15) is 0 Å². The third kappa shape index (κ3) is 2.40. The average Bonchev–Trinajstić information content (AvgIpc) is 2.94. The summed E-state index contributed by atoms with van der Waals surface area (Å²) in [6.45, 7) is 6.48. The molecule has 3 fully saturated rings. The topological polar surface area (TPSA) is 37.3 Å². The minimum atomic E-state index is -1.68. The molecule has 0 unspecified atom stereocenters. The summed E-state index contributed by atoms with van der Waals surface area (Å²) in [4.78, 5) is 11.9. The molecule has 156 valence electrons. The molecule has 0 amide bonds. The quantitative estimate of drug-likeness (QED) is 0.655. The number of halogens is 1. The van der Waals surface area contributed by atoms with Crippen LogP contribution in [0.5, 0.6) is 0 Å². The van der Waals surface area contributed by atoms with E-state index in [0.29, 0.717) is 12.3 Å². The van der Waals surface area contributed by atoms with Crippen LogP contribution in [-0.2, 0) is 4.79 Å². The van der Waals surface area contributed by atoms with E-state index < -0.39 is 17.2 Å². The number of unbranched alkanes of at least 4 members (excludes halogenated alkanes) is 1. The minimum absolute atomic E-state index is 0.0347. The highest BCUT2D eigenvalue weighted by Gasteiger charge is 2.72. The van der Waals surface area contributed by atoms with Crippen molar-refractivity contribution in [1.29, 1.82) is 0 Å². The number of ketones is 1. The number of allylic oxidation sites excluding steroid dienone is 4. The predicted molar refractivity (Wildman–Crippen MR) is 114 cm³/mol. The van der Waals surface area contributed by atoms with Gasteiger partial charge in [-0.25, -0.2) is 4.39 Å². The Hall–Kier alpha value is -0.610. The van der Waals surface area contributed by atoms with Gasteiger partial charge in [0, 0.05) is 16.1 Å². The van der Waals surface area contributed by atoms with Crippen molar-refractivity contribution in [2.24, 2.45) is 22.7 Å². The monoisotopic (exact) mass is 406 g/mol. The van der Waals surface area contributed by atoms with Crippen LogP contribution >= 0.6 is 11.8 Å². The highest BCUT2D eigenvalue weighted by molar-refractivity contribution is 8.00. The van der Waals surface area contributed by atoms with Crippen LogP contribution in [0.3, 0.4) is 0 Å². The van der Waals surface area contributed by atoms with Crippen molar-refractivity contribution in [3.8, 4) is 0 Å². The molecule has 0 heterocycles. The van der Waals surface area contributed by atoms with Crippen molar-refractivity contribution >= 4 is 17.5 Å². The summed E-state index contributed by atoms with van der Waals surface area (Å²) in [6, 6.07) is 0. The fourth-order valence-corrected chi connectivity index (χ4v) is 8.97. The van der Waals surface area contributed by atoms with Crippen LogP contribution in [0.4, 0.5) is 4.39 Å². The van der Waals surface area contributed by atoms with Crippen LogP contribution in [0.25, 0.3) is 0 Å². The lowest BCUT2D eigenvalue weighted by Gasteiger charge is -2.63. The van der Waals surface area contributed by atoms with Gasteiger partial charge < -0.3 is 5.11 Å². The first kappa shape index (κ1) is 20.7. The Balaban J connectivity index is 1.76. The molecule has 0 aromatic rings. The molecule has 4 heteroatoms. The Morgan fingerprint density at radius 1 is 1.29 bits per heavy atom. The number of carbonyl (C=O) groups is 1. The third-order valence-electron chi connectivity index (χ3n) is 9.26. The molecule has 0 aliphatic heterocycles. The number of hydrogen-bond donors (Lipinski definition) is 1. The van der Waals surface area contributed by atoms with Crippen LogP contribution in [0, 0.1) is 22.7 Å². The Morgan fingerprint density at radius 2 is 2.04 bits per heavy atom. The lowest BCUT2D eigenvalue weighted by atomic mass is 9.45. The van der Waals surface area contributed by atoms with Crippen molar-refractivity contribution < 1.29 is 14.3 Å². The van der Waals surface area contributed by atoms with Crippen molar-refractivity contribution in [3.05, 3.63) is 23.8 Å². The number of fused-ring (bicyclic) bond motifs is 5. The van der Waals surface area contributed by atoms with Crippen LogP contribution in [0.1, 0.15) is 72.1 Å². The fraction of sp³-hybridized carbons (Fsp3) is 0.792. The smallest absolute Gasteiger partial charge is 0.178 e. The van der Waals surface area contributed by atoms with E-state index in [1.165, 1.54) is 18.9 Å². The van der Waals surface area contributed by atoms with Crippen molar-refractivity contribution in [1.82, 2.24) is 0 Å². The van der Waals surface area contributed by atoms with Gasteiger partial charge in [0.2, 0.25) is 0 Å². The van der Waals surface area contributed by atoms with Gasteiger partial charge in [-0.2, -0.15) is 11.8 Å². The molecule has 0 radical (unpaired) electrons. The van der Waals surface area contributed by atoms with E-state index in [1.54, 1.807) is 12.2 Å². The number of aliphatic hydroxyl groups excluding tert-OH is 1. The summed E-state index contributed by atoms with van der Waals surface area (Å²) in [5.74, 6) is 0.109. The van der Waals surface area contributed by atoms with E-state index in [1.807, 2.05) is 18.7 Å². The van der Waals surface area contributed by atoms with E-state index in [2.05, 4.69) is 20.1 Å². The van der Waals surface area contributed by atoms with E-state index in [9.17, 15) is 9.90 Å². The van der Waals surface area contributed by atoms with Gasteiger partial charge in [-0.05, 0) is 75.2 Å². The van der Waals surface area contributed by atoms with E-state index >= 15 is 4.39 Å². The van der Waals surface area contributed by atoms with Gasteiger partial charge in [0.25, 0.3) is 0 Å². The maximum Gasteiger partial charge on any atom is 0.178 e. The normalized spacial score (nSPS) is 50.0. The van der Waals surface area contributed by atoms with E-state index in [0.717, 1.165) is 37.7 Å². The molecule has 4 aliphatic carbocycles. The molecule has 0 saturated heterocycles. The number of rotatable bonds is 4. The van der Waals surface area contributed by atoms with Crippen LogP contribution in [-0.4, -0.2) is 33.7 Å². The van der Waals surface area contributed by atoms with Crippen molar-refractivity contribution in [2.45, 2.75) is 88.7 Å². The van der Waals surface area contributed by atoms with E-state index in [-0.39, 0.29) is 21.9 Å². The lowest BCUT2D eigenvalue weighted by molar-refractivity contribution is -0.192. The Bertz CT molecular complexity index is 732. The molecule has 0 aromatic heterocycles. The summed E-state index contributed by atoms with van der Waals surface area (Å²) in [7, 11) is 0. The second-order valence-corrected chi connectivity index (χ2v) is 11.3. The number of alkyl halides is 1. The third-order valence-corrected chi connectivity index (χ3v) is 10.9. The average molecular weight is 407 g/mol. The maximum absolute atomic E-state index is 17.0. The first-order valence-electron chi connectivity index (χ1n) is 11.0. The first-order valence-corrected chi connectivity index (χ1v) is 12.3. The van der Waals surface area contributed by atoms with Gasteiger partial charge in [-0.1, -0.05) is 38.3 Å². The molecule has 4 rings (SSSR count). The zero-order chi connectivity index (χ0) is 20.4. The Morgan fingerprint density at radius 3 is 2.71 bits per heavy atom. The van der Waals surface area contributed by atoms with Crippen LogP contribution in [0.2, 0.25) is 0 Å². The molecular formula is C24H35FO2S. The molecule has 3 saturated carbocycles. The van der Waals surface area contributed by atoms with Gasteiger partial charge in [0.05, 0.1) is 6.10 Å². The molecule has 28 heavy (non-hydrogen) atoms. The van der Waals surface area contributed by atoms with Gasteiger partial charge in [-0.15, -0.1) is 0 Å². The first-order chi connectivity index (χ1) is 13.2. The molecule has 1 N–H and O–H groups in total. The van der Waals surface area contributed by atoms with Crippen LogP contribution in [0.15, 0.2) is 23.8 Å². The predicted octanol–water partition coefficient (Wildman–Crippen LogP) is 5.65. The Kier molecular flexibility index (Phi) is 4.94. The molecule has 2 nitrogen and oxygen atoms in total. The Labute approximate surface area is 173 Å². The fourth-order valence-electron chi connectivity index (χ4n) is 7.60. The summed E-state index contributed by atoms with van der Waals surface area (Å²) in [5.41, 5.74) is -1.70. The van der Waals surface area contributed by atoms with Gasteiger partial charge >= 0.3 is 0 Å². The largest absolute Gasteiger partial charge is 0.390 e.